The van der Waals surface area contributed by atoms with E-state index in [0.717, 1.165) is 12.1 Å². The number of carbonyl (C=O) groups is 1. The molecule has 0 saturated heterocycles. The molecule has 0 spiro atoms. The molecule has 0 heterocycles. The van der Waals surface area contributed by atoms with Gasteiger partial charge in [-0.2, -0.15) is 0 Å². The number of carbonyl (C=O) groups excluding carboxylic acids is 1. The van der Waals surface area contributed by atoms with Crippen LogP contribution < -0.4 is 0 Å². The zero-order chi connectivity index (χ0) is 13.7. The predicted octanol–water partition coefficient (Wildman–Crippen LogP) is 3.15. The molecule has 2 nitrogen and oxygen atoms in total. The second kappa shape index (κ2) is 5.81. The molecular weight excluding hydrogens is 234 g/mol. The molecule has 0 saturated carbocycles. The smallest absolute Gasteiger partial charge is 0.216 e. The van der Waals surface area contributed by atoms with Crippen LogP contribution >= 0.6 is 0 Å². The fraction of sp³-hybridized carbons (Fsp3) is 0.235. The molecule has 0 N–H and O–H groups in total. The number of rotatable bonds is 5. The largest absolute Gasteiger partial charge is 0.318 e. The molecule has 0 atom stereocenters. The van der Waals surface area contributed by atoms with Gasteiger partial charge < -0.3 is 4.48 Å². The monoisotopic (exact) mass is 254 g/mol. The van der Waals surface area contributed by atoms with Crippen LogP contribution in [0.4, 0.5) is 0 Å². The number of benzene rings is 2. The highest BCUT2D eigenvalue weighted by molar-refractivity contribution is 5.96. The topological polar surface area (TPSA) is 17.1 Å². The average molecular weight is 254 g/mol. The molecule has 2 heteroatoms. The molecule has 0 unspecified atom stereocenters. The first-order chi connectivity index (χ1) is 9.07. The van der Waals surface area contributed by atoms with Crippen molar-refractivity contribution in [2.75, 3.05) is 20.6 Å². The molecule has 0 aliphatic rings. The lowest BCUT2D eigenvalue weighted by Gasteiger charge is -2.29. The van der Waals surface area contributed by atoms with Crippen LogP contribution in [0.1, 0.15) is 15.9 Å². The van der Waals surface area contributed by atoms with Crippen molar-refractivity contribution in [1.29, 1.82) is 0 Å². The molecule has 0 aliphatic carbocycles. The summed E-state index contributed by atoms with van der Waals surface area (Å²) in [6, 6.07) is 19.8. The first kappa shape index (κ1) is 13.5. The van der Waals surface area contributed by atoms with Gasteiger partial charge in [0.25, 0.3) is 0 Å². The number of nitrogens with zero attached hydrogens (tertiary/aromatic N) is 1. The summed E-state index contributed by atoms with van der Waals surface area (Å²) < 4.78 is 0.664. The van der Waals surface area contributed by atoms with Crippen LogP contribution in [0.15, 0.2) is 60.7 Å². The lowest BCUT2D eigenvalue weighted by Crippen LogP contribution is -2.43. The highest BCUT2D eigenvalue weighted by Gasteiger charge is 2.21. The summed E-state index contributed by atoms with van der Waals surface area (Å²) >= 11 is 0. The zero-order valence-corrected chi connectivity index (χ0v) is 11.5. The molecule has 98 valence electrons. The summed E-state index contributed by atoms with van der Waals surface area (Å²) in [5.41, 5.74) is 2.05. The van der Waals surface area contributed by atoms with Crippen LogP contribution in [-0.2, 0) is 6.54 Å². The van der Waals surface area contributed by atoms with E-state index in [4.69, 9.17) is 0 Å². The minimum atomic E-state index is 0.196. The summed E-state index contributed by atoms with van der Waals surface area (Å²) in [4.78, 5) is 12.2. The molecule has 2 rings (SSSR count). The minimum Gasteiger partial charge on any atom is -0.318 e. The van der Waals surface area contributed by atoms with E-state index in [2.05, 4.69) is 26.2 Å². The Labute approximate surface area is 114 Å². The van der Waals surface area contributed by atoms with E-state index in [1.807, 2.05) is 48.5 Å². The number of quaternary nitrogens is 1. The van der Waals surface area contributed by atoms with Gasteiger partial charge in [0.2, 0.25) is 5.78 Å². The average Bonchev–Trinajstić information content (AvgIpc) is 2.39. The van der Waals surface area contributed by atoms with E-state index in [9.17, 15) is 4.79 Å². The summed E-state index contributed by atoms with van der Waals surface area (Å²) in [6.45, 7) is 1.37. The molecule has 0 bridgehead atoms. The maximum atomic E-state index is 12.2. The molecule has 0 radical (unpaired) electrons. The fourth-order valence-corrected chi connectivity index (χ4v) is 2.24. The van der Waals surface area contributed by atoms with Crippen molar-refractivity contribution in [3.8, 4) is 0 Å². The number of likely N-dealkylation sites (N-methyl/N-ethyl adjacent to an activating group) is 1. The standard InChI is InChI=1S/C17H20NO/c1-18(2,13-15-9-5-3-6-10-15)14-17(19)16-11-7-4-8-12-16/h3-12H,13-14H2,1-2H3/q+1. The van der Waals surface area contributed by atoms with Crippen molar-refractivity contribution < 1.29 is 9.28 Å². The SMILES string of the molecule is C[N+](C)(CC(=O)c1ccccc1)Cc1ccccc1. The van der Waals surface area contributed by atoms with E-state index in [1.165, 1.54) is 5.56 Å². The van der Waals surface area contributed by atoms with Gasteiger partial charge in [-0.1, -0.05) is 60.7 Å². The van der Waals surface area contributed by atoms with Crippen molar-refractivity contribution in [1.82, 2.24) is 0 Å². The van der Waals surface area contributed by atoms with Crippen molar-refractivity contribution in [2.45, 2.75) is 6.54 Å². The number of hydrogen-bond donors (Lipinski definition) is 0. The van der Waals surface area contributed by atoms with Crippen LogP contribution in [0.2, 0.25) is 0 Å². The molecule has 0 aliphatic heterocycles. The molecule has 0 aromatic heterocycles. The third-order valence-electron chi connectivity index (χ3n) is 3.12. The van der Waals surface area contributed by atoms with Gasteiger partial charge in [0.05, 0.1) is 14.1 Å². The number of hydrogen-bond acceptors (Lipinski definition) is 1. The fourth-order valence-electron chi connectivity index (χ4n) is 2.24. The van der Waals surface area contributed by atoms with E-state index in [-0.39, 0.29) is 5.78 Å². The van der Waals surface area contributed by atoms with Crippen molar-refractivity contribution in [3.05, 3.63) is 71.8 Å². The highest BCUT2D eigenvalue weighted by atomic mass is 16.1. The third-order valence-corrected chi connectivity index (χ3v) is 3.12. The van der Waals surface area contributed by atoms with E-state index in [0.29, 0.717) is 11.0 Å². The molecule has 0 amide bonds. The van der Waals surface area contributed by atoms with Crippen molar-refractivity contribution in [3.63, 3.8) is 0 Å². The summed E-state index contributed by atoms with van der Waals surface area (Å²) in [7, 11) is 4.18. The normalized spacial score (nSPS) is 11.3. The second-order valence-corrected chi connectivity index (χ2v) is 5.53. The lowest BCUT2D eigenvalue weighted by molar-refractivity contribution is -0.895. The lowest BCUT2D eigenvalue weighted by atomic mass is 10.1. The molecule has 2 aromatic rings. The summed E-state index contributed by atoms with van der Waals surface area (Å²) in [5.74, 6) is 0.196. The van der Waals surface area contributed by atoms with Gasteiger partial charge in [0, 0.05) is 11.1 Å². The van der Waals surface area contributed by atoms with Crippen LogP contribution in [-0.4, -0.2) is 30.9 Å². The van der Waals surface area contributed by atoms with Gasteiger partial charge in [-0.3, -0.25) is 4.79 Å². The highest BCUT2D eigenvalue weighted by Crippen LogP contribution is 2.11. The maximum absolute atomic E-state index is 12.2. The second-order valence-electron chi connectivity index (χ2n) is 5.53. The Morgan fingerprint density at radius 2 is 1.42 bits per heavy atom. The zero-order valence-electron chi connectivity index (χ0n) is 11.5. The third kappa shape index (κ3) is 4.04. The quantitative estimate of drug-likeness (QED) is 0.592. The van der Waals surface area contributed by atoms with Gasteiger partial charge in [0.15, 0.2) is 0 Å². The van der Waals surface area contributed by atoms with Crippen LogP contribution in [0.3, 0.4) is 0 Å². The minimum absolute atomic E-state index is 0.196. The van der Waals surface area contributed by atoms with Crippen molar-refractivity contribution >= 4 is 5.78 Å². The summed E-state index contributed by atoms with van der Waals surface area (Å²) in [6.07, 6.45) is 0. The van der Waals surface area contributed by atoms with Crippen LogP contribution in [0, 0.1) is 0 Å². The Morgan fingerprint density at radius 1 is 0.895 bits per heavy atom. The maximum Gasteiger partial charge on any atom is 0.216 e. The Bertz CT molecular complexity index is 532. The first-order valence-corrected chi connectivity index (χ1v) is 6.51. The Morgan fingerprint density at radius 3 is 2.00 bits per heavy atom. The Hall–Kier alpha value is -1.93. The first-order valence-electron chi connectivity index (χ1n) is 6.51. The molecule has 0 fully saturated rings. The van der Waals surface area contributed by atoms with Gasteiger partial charge in [-0.05, 0) is 0 Å². The summed E-state index contributed by atoms with van der Waals surface area (Å²) in [5, 5.41) is 0. The molecule has 2 aromatic carbocycles. The number of Topliss-reactive ketones (excluding diaryl/α,β-unsaturated/α-hetero) is 1. The van der Waals surface area contributed by atoms with Gasteiger partial charge >= 0.3 is 0 Å². The number of ketones is 1. The van der Waals surface area contributed by atoms with Crippen LogP contribution in [0.25, 0.3) is 0 Å². The van der Waals surface area contributed by atoms with Gasteiger partial charge in [0.1, 0.15) is 13.1 Å². The molecular formula is C17H20NO+. The van der Waals surface area contributed by atoms with Crippen LogP contribution in [0.5, 0.6) is 0 Å². The molecule has 19 heavy (non-hydrogen) atoms. The van der Waals surface area contributed by atoms with Crippen molar-refractivity contribution in [2.24, 2.45) is 0 Å². The van der Waals surface area contributed by atoms with E-state index < -0.39 is 0 Å². The Balaban J connectivity index is 2.03. The predicted molar refractivity (Wildman–Crippen MR) is 77.9 cm³/mol. The Kier molecular flexibility index (Phi) is 4.13. The van der Waals surface area contributed by atoms with E-state index in [1.54, 1.807) is 0 Å². The van der Waals surface area contributed by atoms with Gasteiger partial charge in [-0.25, -0.2) is 0 Å². The van der Waals surface area contributed by atoms with Gasteiger partial charge in [-0.15, -0.1) is 0 Å². The van der Waals surface area contributed by atoms with E-state index >= 15 is 0 Å².